The molecule has 2 aromatic rings. The summed E-state index contributed by atoms with van der Waals surface area (Å²) in [5.74, 6) is 1.78. The zero-order chi connectivity index (χ0) is 16.9. The molecule has 0 bridgehead atoms. The van der Waals surface area contributed by atoms with Gasteiger partial charge in [-0.05, 0) is 43.5 Å². The van der Waals surface area contributed by atoms with Crippen molar-refractivity contribution in [3.05, 3.63) is 53.6 Å². The molecule has 1 fully saturated rings. The number of benzene rings is 1. The number of piperidine rings is 1. The summed E-state index contributed by atoms with van der Waals surface area (Å²) in [6.07, 6.45) is 5.16. The number of nitrogens with zero attached hydrogens (tertiary/aromatic N) is 3. The molecule has 0 spiro atoms. The molecule has 1 aromatic heterocycles. The Labute approximate surface area is 145 Å². The third-order valence-corrected chi connectivity index (χ3v) is 5.27. The lowest BCUT2D eigenvalue weighted by molar-refractivity contribution is 0.153. The predicted molar refractivity (Wildman–Crippen MR) is 99.0 cm³/mol. The summed E-state index contributed by atoms with van der Waals surface area (Å²) in [6.45, 7) is 12.1. The lowest BCUT2D eigenvalue weighted by atomic mass is 9.93. The van der Waals surface area contributed by atoms with E-state index in [1.54, 1.807) is 0 Å². The molecule has 4 nitrogen and oxygen atoms in total. The molecule has 1 aliphatic rings. The highest BCUT2D eigenvalue weighted by Crippen LogP contribution is 2.17. The molecular formula is C20H30N4. The first kappa shape index (κ1) is 17.2. The lowest BCUT2D eigenvalue weighted by Gasteiger charge is -2.37. The highest BCUT2D eigenvalue weighted by atomic mass is 15.1. The van der Waals surface area contributed by atoms with Crippen molar-refractivity contribution >= 4 is 0 Å². The average Bonchev–Trinajstić information content (AvgIpc) is 2.99. The molecule has 1 N–H and O–H groups in total. The zero-order valence-corrected chi connectivity index (χ0v) is 15.2. The van der Waals surface area contributed by atoms with E-state index in [4.69, 9.17) is 0 Å². The van der Waals surface area contributed by atoms with Crippen molar-refractivity contribution in [3.63, 3.8) is 0 Å². The van der Waals surface area contributed by atoms with Crippen molar-refractivity contribution in [1.82, 2.24) is 19.8 Å². The van der Waals surface area contributed by atoms with E-state index in [-0.39, 0.29) is 0 Å². The molecule has 0 radical (unpaired) electrons. The van der Waals surface area contributed by atoms with Crippen LogP contribution in [0.4, 0.5) is 0 Å². The van der Waals surface area contributed by atoms with Crippen molar-refractivity contribution < 1.29 is 0 Å². The van der Waals surface area contributed by atoms with Crippen LogP contribution in [0.15, 0.2) is 36.7 Å². The average molecular weight is 326 g/mol. The van der Waals surface area contributed by atoms with Gasteiger partial charge >= 0.3 is 0 Å². The first-order chi connectivity index (χ1) is 11.7. The van der Waals surface area contributed by atoms with Crippen LogP contribution >= 0.6 is 0 Å². The van der Waals surface area contributed by atoms with Crippen LogP contribution in [0.5, 0.6) is 0 Å². The van der Waals surface area contributed by atoms with Gasteiger partial charge in [-0.25, -0.2) is 4.98 Å². The molecular weight excluding hydrogens is 296 g/mol. The van der Waals surface area contributed by atoms with Crippen molar-refractivity contribution in [2.75, 3.05) is 19.6 Å². The number of aromatic nitrogens is 2. The van der Waals surface area contributed by atoms with Crippen LogP contribution in [0.1, 0.15) is 37.2 Å². The van der Waals surface area contributed by atoms with Gasteiger partial charge in [-0.15, -0.1) is 0 Å². The van der Waals surface area contributed by atoms with Gasteiger partial charge in [0.1, 0.15) is 5.82 Å². The second-order valence-corrected chi connectivity index (χ2v) is 7.07. The first-order valence-electron chi connectivity index (χ1n) is 9.17. The third kappa shape index (κ3) is 4.25. The van der Waals surface area contributed by atoms with Crippen LogP contribution in [-0.4, -0.2) is 40.1 Å². The molecule has 0 saturated carbocycles. The summed E-state index contributed by atoms with van der Waals surface area (Å²) in [7, 11) is 0. The Balaban J connectivity index is 1.56. The minimum absolute atomic E-state index is 0.632. The minimum Gasteiger partial charge on any atom is -0.331 e. The molecule has 24 heavy (non-hydrogen) atoms. The number of likely N-dealkylation sites (tertiary alicyclic amines) is 1. The first-order valence-corrected chi connectivity index (χ1v) is 9.17. The van der Waals surface area contributed by atoms with Gasteiger partial charge in [0, 0.05) is 38.1 Å². The summed E-state index contributed by atoms with van der Waals surface area (Å²) in [5, 5.41) is 3.78. The number of aryl methyl sites for hydroxylation is 1. The van der Waals surface area contributed by atoms with Gasteiger partial charge in [0.05, 0.1) is 0 Å². The zero-order valence-electron chi connectivity index (χ0n) is 15.2. The Morgan fingerprint density at radius 1 is 1.29 bits per heavy atom. The molecule has 4 heteroatoms. The van der Waals surface area contributed by atoms with Crippen LogP contribution in [0.3, 0.4) is 0 Å². The molecule has 1 aliphatic heterocycles. The maximum absolute atomic E-state index is 4.30. The Kier molecular flexibility index (Phi) is 5.69. The maximum atomic E-state index is 4.30. The van der Waals surface area contributed by atoms with E-state index in [1.165, 1.54) is 37.2 Å². The van der Waals surface area contributed by atoms with Crippen LogP contribution in [0.2, 0.25) is 0 Å². The highest BCUT2D eigenvalue weighted by molar-refractivity contribution is 5.24. The predicted octanol–water partition coefficient (Wildman–Crippen LogP) is 3.06. The topological polar surface area (TPSA) is 33.1 Å². The molecule has 0 amide bonds. The summed E-state index contributed by atoms with van der Waals surface area (Å²) in [5.41, 5.74) is 2.71. The van der Waals surface area contributed by atoms with E-state index >= 15 is 0 Å². The highest BCUT2D eigenvalue weighted by Gasteiger charge is 2.24. The Hall–Kier alpha value is -1.65. The van der Waals surface area contributed by atoms with E-state index < -0.39 is 0 Å². The van der Waals surface area contributed by atoms with Crippen LogP contribution in [0.25, 0.3) is 0 Å². The van der Waals surface area contributed by atoms with Crippen LogP contribution in [0, 0.1) is 12.8 Å². The van der Waals surface area contributed by atoms with Gasteiger partial charge in [0.2, 0.25) is 0 Å². The molecule has 0 unspecified atom stereocenters. The molecule has 130 valence electrons. The number of imidazole rings is 1. The molecule has 0 aliphatic carbocycles. The normalized spacial score (nSPS) is 22.0. The summed E-state index contributed by atoms with van der Waals surface area (Å²) in [4.78, 5) is 6.85. The quantitative estimate of drug-likeness (QED) is 0.886. The van der Waals surface area contributed by atoms with Gasteiger partial charge < -0.3 is 14.8 Å². The summed E-state index contributed by atoms with van der Waals surface area (Å²) >= 11 is 0. The van der Waals surface area contributed by atoms with E-state index in [9.17, 15) is 0 Å². The van der Waals surface area contributed by atoms with Gasteiger partial charge in [-0.3, -0.25) is 0 Å². The molecule has 1 saturated heterocycles. The summed E-state index contributed by atoms with van der Waals surface area (Å²) < 4.78 is 2.19. The van der Waals surface area contributed by atoms with E-state index in [0.717, 1.165) is 24.8 Å². The fourth-order valence-corrected chi connectivity index (χ4v) is 3.68. The smallest absolute Gasteiger partial charge is 0.105 e. The Morgan fingerprint density at radius 3 is 2.83 bits per heavy atom. The van der Waals surface area contributed by atoms with Gasteiger partial charge in [-0.1, -0.05) is 38.1 Å². The largest absolute Gasteiger partial charge is 0.331 e. The molecule has 1 aromatic carbocycles. The number of rotatable bonds is 6. The van der Waals surface area contributed by atoms with Crippen LogP contribution < -0.4 is 5.32 Å². The number of hydrogen-bond donors (Lipinski definition) is 1. The van der Waals surface area contributed by atoms with Crippen molar-refractivity contribution in [1.29, 1.82) is 0 Å². The fourth-order valence-electron chi connectivity index (χ4n) is 3.68. The molecule has 3 rings (SSSR count). The second-order valence-electron chi connectivity index (χ2n) is 7.07. The SMILES string of the molecule is CCN1CC[C@@H](NCc2cccc(Cn3ccnc3C)c2)[C@@H](C)C1. The fraction of sp³-hybridized carbons (Fsp3) is 0.550. The molecule has 2 heterocycles. The van der Waals surface area contributed by atoms with Gasteiger partial charge in [0.15, 0.2) is 0 Å². The van der Waals surface area contributed by atoms with Gasteiger partial charge in [0.25, 0.3) is 0 Å². The van der Waals surface area contributed by atoms with E-state index in [0.29, 0.717) is 6.04 Å². The van der Waals surface area contributed by atoms with E-state index in [2.05, 4.69) is 64.8 Å². The van der Waals surface area contributed by atoms with Crippen molar-refractivity contribution in [2.24, 2.45) is 5.92 Å². The Morgan fingerprint density at radius 2 is 2.12 bits per heavy atom. The minimum atomic E-state index is 0.632. The van der Waals surface area contributed by atoms with Crippen molar-refractivity contribution in [2.45, 2.75) is 46.3 Å². The second kappa shape index (κ2) is 7.95. The lowest BCUT2D eigenvalue weighted by Crippen LogP contribution is -2.47. The van der Waals surface area contributed by atoms with Crippen LogP contribution in [-0.2, 0) is 13.1 Å². The molecule has 2 atom stereocenters. The Bertz CT molecular complexity index is 649. The summed E-state index contributed by atoms with van der Waals surface area (Å²) in [6, 6.07) is 9.54. The third-order valence-electron chi connectivity index (χ3n) is 5.27. The number of hydrogen-bond acceptors (Lipinski definition) is 3. The number of nitrogens with one attached hydrogen (secondary N) is 1. The standard InChI is InChI=1S/C20H30N4/c1-4-23-10-8-20(16(2)14-23)22-13-18-6-5-7-19(12-18)15-24-11-9-21-17(24)3/h5-7,9,11-12,16,20,22H,4,8,10,13-15H2,1-3H3/t16-,20+/m0/s1. The van der Waals surface area contributed by atoms with Gasteiger partial charge in [-0.2, -0.15) is 0 Å². The maximum Gasteiger partial charge on any atom is 0.105 e. The monoisotopic (exact) mass is 326 g/mol. The van der Waals surface area contributed by atoms with E-state index in [1.807, 2.05) is 12.4 Å². The van der Waals surface area contributed by atoms with Crippen molar-refractivity contribution in [3.8, 4) is 0 Å².